The number of guanidine groups is 1. The molecule has 1 aliphatic rings. The van der Waals surface area contributed by atoms with Crippen LogP contribution in [0.3, 0.4) is 0 Å². The van der Waals surface area contributed by atoms with Crippen molar-refractivity contribution in [1.29, 1.82) is 0 Å². The molecule has 2 rings (SSSR count). The van der Waals surface area contributed by atoms with Gasteiger partial charge in [0.2, 0.25) is 0 Å². The van der Waals surface area contributed by atoms with Crippen LogP contribution in [0.4, 0.5) is 0 Å². The molecule has 0 saturated carbocycles. The van der Waals surface area contributed by atoms with Gasteiger partial charge in [-0.1, -0.05) is 18.2 Å². The summed E-state index contributed by atoms with van der Waals surface area (Å²) in [6, 6.07) is 8.05. The molecule has 3 N–H and O–H groups in total. The van der Waals surface area contributed by atoms with E-state index in [1.165, 1.54) is 0 Å². The third kappa shape index (κ3) is 7.22. The highest BCUT2D eigenvalue weighted by atomic mass is 16.5. The van der Waals surface area contributed by atoms with Crippen LogP contribution in [0.5, 0.6) is 5.75 Å². The number of hydrogen-bond acceptors (Lipinski definition) is 4. The molecular weight excluding hydrogens is 328 g/mol. The van der Waals surface area contributed by atoms with Gasteiger partial charge in [-0.15, -0.1) is 0 Å². The van der Waals surface area contributed by atoms with Crippen molar-refractivity contribution in [3.8, 4) is 5.75 Å². The summed E-state index contributed by atoms with van der Waals surface area (Å²) in [6.07, 6.45) is 2.76. The predicted molar refractivity (Wildman–Crippen MR) is 107 cm³/mol. The molecule has 1 saturated heterocycles. The molecule has 6 nitrogen and oxygen atoms in total. The number of rotatable bonds is 9. The van der Waals surface area contributed by atoms with E-state index in [4.69, 9.17) is 4.74 Å². The van der Waals surface area contributed by atoms with Gasteiger partial charge < -0.3 is 25.4 Å². The SMILES string of the molecule is CCNC(=NCc1ccccc1OCC)NCCCN1CCC(O)CC1. The Morgan fingerprint density at radius 3 is 2.73 bits per heavy atom. The monoisotopic (exact) mass is 362 g/mol. The zero-order chi connectivity index (χ0) is 18.6. The number of benzene rings is 1. The van der Waals surface area contributed by atoms with Crippen molar-refractivity contribution in [2.75, 3.05) is 39.3 Å². The highest BCUT2D eigenvalue weighted by Gasteiger charge is 2.16. The molecule has 0 amide bonds. The molecule has 6 heteroatoms. The van der Waals surface area contributed by atoms with E-state index in [0.717, 1.165) is 69.3 Å². The summed E-state index contributed by atoms with van der Waals surface area (Å²) in [5, 5.41) is 16.3. The van der Waals surface area contributed by atoms with Crippen LogP contribution >= 0.6 is 0 Å². The molecule has 26 heavy (non-hydrogen) atoms. The van der Waals surface area contributed by atoms with Crippen LogP contribution in [0.25, 0.3) is 0 Å². The van der Waals surface area contributed by atoms with Gasteiger partial charge in [-0.3, -0.25) is 0 Å². The first kappa shape index (κ1) is 20.5. The molecule has 0 spiro atoms. The second-order valence-electron chi connectivity index (χ2n) is 6.59. The molecular formula is C20H34N4O2. The highest BCUT2D eigenvalue weighted by Crippen LogP contribution is 2.18. The van der Waals surface area contributed by atoms with E-state index >= 15 is 0 Å². The van der Waals surface area contributed by atoms with E-state index in [1.807, 2.05) is 25.1 Å². The molecule has 1 aromatic carbocycles. The number of hydrogen-bond donors (Lipinski definition) is 3. The van der Waals surface area contributed by atoms with Crippen LogP contribution in [0, 0.1) is 0 Å². The van der Waals surface area contributed by atoms with Crippen LogP contribution in [0.1, 0.15) is 38.7 Å². The maximum absolute atomic E-state index is 9.56. The Kier molecular flexibility index (Phi) is 9.28. The smallest absolute Gasteiger partial charge is 0.191 e. The van der Waals surface area contributed by atoms with Gasteiger partial charge in [-0.05, 0) is 45.7 Å². The molecule has 1 aliphatic heterocycles. The number of aliphatic hydroxyl groups excluding tert-OH is 1. The lowest BCUT2D eigenvalue weighted by Crippen LogP contribution is -2.40. The third-order valence-corrected chi connectivity index (χ3v) is 4.52. The average Bonchev–Trinajstić information content (AvgIpc) is 2.66. The molecule has 0 atom stereocenters. The fraction of sp³-hybridized carbons (Fsp3) is 0.650. The topological polar surface area (TPSA) is 69.1 Å². The lowest BCUT2D eigenvalue weighted by atomic mass is 10.1. The maximum atomic E-state index is 9.56. The van der Waals surface area contributed by atoms with Crippen LogP contribution < -0.4 is 15.4 Å². The number of aliphatic hydroxyl groups is 1. The van der Waals surface area contributed by atoms with Gasteiger partial charge in [0, 0.05) is 31.7 Å². The van der Waals surface area contributed by atoms with Crippen LogP contribution in [-0.4, -0.2) is 61.4 Å². The standard InChI is InChI=1S/C20H34N4O2/c1-3-21-20(22-12-7-13-24-14-10-18(25)11-15-24)23-16-17-8-5-6-9-19(17)26-4-2/h5-6,8-9,18,25H,3-4,7,10-16H2,1-2H3,(H2,21,22,23). The van der Waals surface area contributed by atoms with E-state index in [2.05, 4.69) is 33.5 Å². The van der Waals surface area contributed by atoms with Crippen molar-refractivity contribution in [2.45, 2.75) is 45.8 Å². The summed E-state index contributed by atoms with van der Waals surface area (Å²) in [5.41, 5.74) is 1.10. The fourth-order valence-corrected chi connectivity index (χ4v) is 3.09. The van der Waals surface area contributed by atoms with Gasteiger partial charge in [0.15, 0.2) is 5.96 Å². The molecule has 0 bridgehead atoms. The third-order valence-electron chi connectivity index (χ3n) is 4.52. The zero-order valence-electron chi connectivity index (χ0n) is 16.2. The maximum Gasteiger partial charge on any atom is 0.191 e. The molecule has 0 radical (unpaired) electrons. The second-order valence-corrected chi connectivity index (χ2v) is 6.59. The summed E-state index contributed by atoms with van der Waals surface area (Å²) >= 11 is 0. The first-order chi connectivity index (χ1) is 12.7. The Morgan fingerprint density at radius 2 is 2.00 bits per heavy atom. The number of nitrogens with zero attached hydrogens (tertiary/aromatic N) is 2. The van der Waals surface area contributed by atoms with Crippen LogP contribution in [0.15, 0.2) is 29.3 Å². The Morgan fingerprint density at radius 1 is 1.23 bits per heavy atom. The number of piperidine rings is 1. The Bertz CT molecular complexity index is 542. The van der Waals surface area contributed by atoms with Gasteiger partial charge in [0.25, 0.3) is 0 Å². The summed E-state index contributed by atoms with van der Waals surface area (Å²) in [7, 11) is 0. The molecule has 1 aromatic rings. The van der Waals surface area contributed by atoms with Gasteiger partial charge in [0.1, 0.15) is 5.75 Å². The minimum atomic E-state index is -0.101. The fourth-order valence-electron chi connectivity index (χ4n) is 3.09. The number of aliphatic imine (C=N–C) groups is 1. The van der Waals surface area contributed by atoms with Gasteiger partial charge >= 0.3 is 0 Å². The lowest BCUT2D eigenvalue weighted by Gasteiger charge is -2.29. The highest BCUT2D eigenvalue weighted by molar-refractivity contribution is 5.79. The van der Waals surface area contributed by atoms with E-state index in [9.17, 15) is 5.11 Å². The summed E-state index contributed by atoms with van der Waals surface area (Å²) in [5.74, 6) is 1.75. The number of nitrogens with one attached hydrogen (secondary N) is 2. The average molecular weight is 363 g/mol. The van der Waals surface area contributed by atoms with Crippen molar-refractivity contribution in [2.24, 2.45) is 4.99 Å². The van der Waals surface area contributed by atoms with Crippen molar-refractivity contribution >= 4 is 5.96 Å². The Balaban J connectivity index is 1.77. The van der Waals surface area contributed by atoms with Crippen molar-refractivity contribution < 1.29 is 9.84 Å². The summed E-state index contributed by atoms with van der Waals surface area (Å²) in [6.45, 7) is 10.1. The van der Waals surface area contributed by atoms with Crippen LogP contribution in [-0.2, 0) is 6.54 Å². The molecule has 0 aliphatic carbocycles. The van der Waals surface area contributed by atoms with Crippen molar-refractivity contribution in [1.82, 2.24) is 15.5 Å². The Hall–Kier alpha value is -1.79. The van der Waals surface area contributed by atoms with E-state index in [0.29, 0.717) is 13.2 Å². The Labute approximate surface area is 157 Å². The summed E-state index contributed by atoms with van der Waals surface area (Å²) in [4.78, 5) is 7.12. The molecule has 1 heterocycles. The van der Waals surface area contributed by atoms with E-state index < -0.39 is 0 Å². The number of para-hydroxylation sites is 1. The van der Waals surface area contributed by atoms with Gasteiger partial charge in [0.05, 0.1) is 19.3 Å². The quantitative estimate of drug-likeness (QED) is 0.356. The first-order valence-corrected chi connectivity index (χ1v) is 9.86. The lowest BCUT2D eigenvalue weighted by molar-refractivity contribution is 0.0823. The minimum absolute atomic E-state index is 0.101. The second kappa shape index (κ2) is 11.8. The molecule has 146 valence electrons. The molecule has 1 fully saturated rings. The molecule has 0 aromatic heterocycles. The largest absolute Gasteiger partial charge is 0.494 e. The molecule has 0 unspecified atom stereocenters. The van der Waals surface area contributed by atoms with Crippen molar-refractivity contribution in [3.63, 3.8) is 0 Å². The van der Waals surface area contributed by atoms with E-state index in [-0.39, 0.29) is 6.10 Å². The minimum Gasteiger partial charge on any atom is -0.494 e. The van der Waals surface area contributed by atoms with Gasteiger partial charge in [-0.25, -0.2) is 4.99 Å². The van der Waals surface area contributed by atoms with Crippen molar-refractivity contribution in [3.05, 3.63) is 29.8 Å². The normalized spacial score (nSPS) is 16.5. The summed E-state index contributed by atoms with van der Waals surface area (Å²) < 4.78 is 5.67. The number of ether oxygens (including phenoxy) is 1. The predicted octanol–water partition coefficient (Wildman–Crippen LogP) is 1.99. The zero-order valence-corrected chi connectivity index (χ0v) is 16.2. The first-order valence-electron chi connectivity index (χ1n) is 9.86. The number of likely N-dealkylation sites (tertiary alicyclic amines) is 1. The van der Waals surface area contributed by atoms with Crippen LogP contribution in [0.2, 0.25) is 0 Å². The van der Waals surface area contributed by atoms with Gasteiger partial charge in [-0.2, -0.15) is 0 Å². The van der Waals surface area contributed by atoms with E-state index in [1.54, 1.807) is 0 Å².